The van der Waals surface area contributed by atoms with E-state index in [0.717, 1.165) is 11.1 Å². The zero-order valence-corrected chi connectivity index (χ0v) is 17.4. The molecule has 0 aliphatic carbocycles. The summed E-state index contributed by atoms with van der Waals surface area (Å²) in [5, 5.41) is 3.41. The molecule has 1 amide bonds. The Labute approximate surface area is 178 Å². The Kier molecular flexibility index (Phi) is 5.29. The molecule has 8 heteroatoms. The standard InChI is InChI=1S/C22H18ClN5O2/c1-12-5-4-10-24-17(12)21-25-11-13(2)20(27-21)28-22(29)19-18(26-14(3)30-19)15-6-8-16(23)9-7-15/h4-11H,1-3H3,(H,25,27,28,29). The van der Waals surface area contributed by atoms with Crippen molar-refractivity contribution in [1.82, 2.24) is 19.9 Å². The maximum atomic E-state index is 13.0. The van der Waals surface area contributed by atoms with Crippen molar-refractivity contribution in [2.24, 2.45) is 0 Å². The minimum atomic E-state index is -0.453. The molecule has 0 fully saturated rings. The van der Waals surface area contributed by atoms with Crippen LogP contribution in [0.4, 0.5) is 5.82 Å². The Bertz CT molecular complexity index is 1230. The van der Waals surface area contributed by atoms with Crippen molar-refractivity contribution in [2.45, 2.75) is 20.8 Å². The lowest BCUT2D eigenvalue weighted by atomic mass is 10.1. The third-order valence-corrected chi connectivity index (χ3v) is 4.73. The summed E-state index contributed by atoms with van der Waals surface area (Å²) in [6.45, 7) is 5.43. The Morgan fingerprint density at radius 3 is 2.47 bits per heavy atom. The van der Waals surface area contributed by atoms with Crippen molar-refractivity contribution in [3.8, 4) is 22.8 Å². The number of aromatic nitrogens is 4. The van der Waals surface area contributed by atoms with Gasteiger partial charge in [0.05, 0.1) is 0 Å². The second kappa shape index (κ2) is 8.04. The number of rotatable bonds is 4. The SMILES string of the molecule is Cc1nc(-c2ccc(Cl)cc2)c(C(=O)Nc2nc(-c3ncccc3C)ncc2C)o1. The van der Waals surface area contributed by atoms with Crippen LogP contribution in [0.25, 0.3) is 22.8 Å². The topological polar surface area (TPSA) is 93.8 Å². The van der Waals surface area contributed by atoms with E-state index in [1.165, 1.54) is 0 Å². The molecule has 0 unspecified atom stereocenters. The minimum Gasteiger partial charge on any atom is -0.435 e. The Hall–Kier alpha value is -3.58. The molecule has 0 aliphatic rings. The molecule has 3 heterocycles. The molecule has 0 bridgehead atoms. The molecule has 0 radical (unpaired) electrons. The average Bonchev–Trinajstić information content (AvgIpc) is 3.12. The lowest BCUT2D eigenvalue weighted by molar-refractivity contribution is 0.0995. The molecule has 4 aromatic rings. The highest BCUT2D eigenvalue weighted by Gasteiger charge is 2.22. The molecule has 7 nitrogen and oxygen atoms in total. The van der Waals surface area contributed by atoms with Crippen LogP contribution in [0.3, 0.4) is 0 Å². The largest absolute Gasteiger partial charge is 0.435 e. The molecule has 3 aromatic heterocycles. The molecule has 1 aromatic carbocycles. The molecule has 0 saturated carbocycles. The quantitative estimate of drug-likeness (QED) is 0.498. The molecular weight excluding hydrogens is 402 g/mol. The van der Waals surface area contributed by atoms with Gasteiger partial charge in [-0.15, -0.1) is 0 Å². The molecule has 30 heavy (non-hydrogen) atoms. The summed E-state index contributed by atoms with van der Waals surface area (Å²) in [6, 6.07) is 10.8. The van der Waals surface area contributed by atoms with E-state index in [4.69, 9.17) is 16.0 Å². The first-order valence-electron chi connectivity index (χ1n) is 9.22. The second-order valence-electron chi connectivity index (χ2n) is 6.77. The first kappa shape index (κ1) is 19.7. The van der Waals surface area contributed by atoms with Gasteiger partial charge in [0, 0.05) is 35.5 Å². The van der Waals surface area contributed by atoms with E-state index in [2.05, 4.69) is 25.3 Å². The van der Waals surface area contributed by atoms with E-state index < -0.39 is 5.91 Å². The average molecular weight is 420 g/mol. The van der Waals surface area contributed by atoms with E-state index in [9.17, 15) is 4.79 Å². The number of benzene rings is 1. The van der Waals surface area contributed by atoms with Gasteiger partial charge in [-0.2, -0.15) is 0 Å². The van der Waals surface area contributed by atoms with E-state index in [1.807, 2.05) is 26.0 Å². The molecular formula is C22H18ClN5O2. The van der Waals surface area contributed by atoms with Gasteiger partial charge < -0.3 is 9.73 Å². The smallest absolute Gasteiger partial charge is 0.294 e. The molecule has 150 valence electrons. The fourth-order valence-corrected chi connectivity index (χ4v) is 3.08. The van der Waals surface area contributed by atoms with Crippen LogP contribution in [-0.4, -0.2) is 25.8 Å². The number of nitrogens with zero attached hydrogens (tertiary/aromatic N) is 4. The number of aryl methyl sites for hydroxylation is 3. The van der Waals surface area contributed by atoms with Crippen molar-refractivity contribution >= 4 is 23.3 Å². The van der Waals surface area contributed by atoms with Crippen LogP contribution in [0.2, 0.25) is 5.02 Å². The molecule has 4 rings (SSSR count). The molecule has 1 N–H and O–H groups in total. The highest BCUT2D eigenvalue weighted by Crippen LogP contribution is 2.27. The van der Waals surface area contributed by atoms with Crippen molar-refractivity contribution in [3.05, 3.63) is 76.6 Å². The molecule has 0 saturated heterocycles. The van der Waals surface area contributed by atoms with Gasteiger partial charge in [0.1, 0.15) is 17.2 Å². The number of pyridine rings is 1. The van der Waals surface area contributed by atoms with Gasteiger partial charge in [-0.3, -0.25) is 9.78 Å². The third-order valence-electron chi connectivity index (χ3n) is 4.48. The van der Waals surface area contributed by atoms with Crippen LogP contribution in [-0.2, 0) is 0 Å². The number of hydrogen-bond donors (Lipinski definition) is 1. The molecule has 0 aliphatic heterocycles. The Balaban J connectivity index is 1.68. The number of oxazole rings is 1. The number of halogens is 1. The van der Waals surface area contributed by atoms with E-state index in [1.54, 1.807) is 43.6 Å². The predicted octanol–water partition coefficient (Wildman–Crippen LogP) is 5.02. The summed E-state index contributed by atoms with van der Waals surface area (Å²) in [5.41, 5.74) is 3.48. The van der Waals surface area contributed by atoms with Crippen molar-refractivity contribution in [1.29, 1.82) is 0 Å². The summed E-state index contributed by atoms with van der Waals surface area (Å²) in [4.78, 5) is 30.6. The summed E-state index contributed by atoms with van der Waals surface area (Å²) in [6.07, 6.45) is 3.33. The lowest BCUT2D eigenvalue weighted by Gasteiger charge is -2.09. The van der Waals surface area contributed by atoms with Gasteiger partial charge in [-0.05, 0) is 37.6 Å². The number of nitrogens with one attached hydrogen (secondary N) is 1. The highest BCUT2D eigenvalue weighted by molar-refractivity contribution is 6.30. The summed E-state index contributed by atoms with van der Waals surface area (Å²) in [7, 11) is 0. The van der Waals surface area contributed by atoms with Crippen LogP contribution < -0.4 is 5.32 Å². The number of anilines is 1. The zero-order valence-electron chi connectivity index (χ0n) is 16.6. The maximum absolute atomic E-state index is 13.0. The Morgan fingerprint density at radius 2 is 1.73 bits per heavy atom. The van der Waals surface area contributed by atoms with Gasteiger partial charge in [-0.1, -0.05) is 29.8 Å². The van der Waals surface area contributed by atoms with Crippen LogP contribution in [0.5, 0.6) is 0 Å². The molecule has 0 atom stereocenters. The summed E-state index contributed by atoms with van der Waals surface area (Å²) < 4.78 is 5.60. The van der Waals surface area contributed by atoms with Crippen molar-refractivity contribution in [2.75, 3.05) is 5.32 Å². The van der Waals surface area contributed by atoms with Gasteiger partial charge >= 0.3 is 0 Å². The normalized spacial score (nSPS) is 10.8. The number of carbonyl (C=O) groups is 1. The van der Waals surface area contributed by atoms with Gasteiger partial charge in [0.2, 0.25) is 5.76 Å². The van der Waals surface area contributed by atoms with Crippen LogP contribution in [0, 0.1) is 20.8 Å². The lowest BCUT2D eigenvalue weighted by Crippen LogP contribution is -2.15. The fourth-order valence-electron chi connectivity index (χ4n) is 2.95. The van der Waals surface area contributed by atoms with Gasteiger partial charge in [0.15, 0.2) is 11.7 Å². The van der Waals surface area contributed by atoms with Crippen molar-refractivity contribution < 1.29 is 9.21 Å². The fraction of sp³-hybridized carbons (Fsp3) is 0.136. The minimum absolute atomic E-state index is 0.100. The Morgan fingerprint density at radius 1 is 0.967 bits per heavy atom. The second-order valence-corrected chi connectivity index (χ2v) is 7.20. The predicted molar refractivity (Wildman–Crippen MR) is 114 cm³/mol. The van der Waals surface area contributed by atoms with E-state index >= 15 is 0 Å². The summed E-state index contributed by atoms with van der Waals surface area (Å²) in [5.74, 6) is 0.843. The van der Waals surface area contributed by atoms with Gasteiger partial charge in [0.25, 0.3) is 5.91 Å². The third kappa shape index (κ3) is 3.92. The van der Waals surface area contributed by atoms with Crippen LogP contribution in [0.1, 0.15) is 27.6 Å². The van der Waals surface area contributed by atoms with Crippen molar-refractivity contribution in [3.63, 3.8) is 0 Å². The van der Waals surface area contributed by atoms with Crippen LogP contribution >= 0.6 is 11.6 Å². The van der Waals surface area contributed by atoms with E-state index in [0.29, 0.717) is 39.5 Å². The van der Waals surface area contributed by atoms with E-state index in [-0.39, 0.29) is 5.76 Å². The highest BCUT2D eigenvalue weighted by atomic mass is 35.5. The molecule has 0 spiro atoms. The van der Waals surface area contributed by atoms with Crippen LogP contribution in [0.15, 0.2) is 53.2 Å². The number of amides is 1. The summed E-state index contributed by atoms with van der Waals surface area (Å²) >= 11 is 5.97. The maximum Gasteiger partial charge on any atom is 0.294 e. The number of carbonyl (C=O) groups excluding carboxylic acids is 1. The monoisotopic (exact) mass is 419 g/mol. The first-order valence-corrected chi connectivity index (χ1v) is 9.60. The first-order chi connectivity index (χ1) is 14.4. The van der Waals surface area contributed by atoms with Gasteiger partial charge in [-0.25, -0.2) is 15.0 Å². The number of hydrogen-bond acceptors (Lipinski definition) is 6. The zero-order chi connectivity index (χ0) is 21.3.